The molecule has 0 radical (unpaired) electrons. The Labute approximate surface area is 163 Å². The summed E-state index contributed by atoms with van der Waals surface area (Å²) < 4.78 is 24.7. The van der Waals surface area contributed by atoms with E-state index < -0.39 is 7.82 Å². The number of hydrogen-bond acceptors (Lipinski definition) is 8. The summed E-state index contributed by atoms with van der Waals surface area (Å²) in [6.07, 6.45) is 3.17. The van der Waals surface area contributed by atoms with E-state index in [9.17, 15) is 19.0 Å². The molecule has 10 nitrogen and oxygen atoms in total. The molecule has 2 rings (SSSR count). The highest BCUT2D eigenvalue weighted by atomic mass is 32.2. The van der Waals surface area contributed by atoms with Crippen molar-refractivity contribution in [3.63, 3.8) is 0 Å². The minimum Gasteiger partial charge on any atom is -0.756 e. The molecule has 0 aromatic carbocycles. The topological polar surface area (TPSA) is 138 Å². The molecule has 2 saturated heterocycles. The molecule has 3 N–H and O–H groups in total. The fourth-order valence-electron chi connectivity index (χ4n) is 2.99. The third-order valence-corrected chi connectivity index (χ3v) is 6.80. The van der Waals surface area contributed by atoms with Crippen LogP contribution in [0.1, 0.15) is 25.7 Å². The molecule has 4 unspecified atom stereocenters. The Morgan fingerprint density at radius 2 is 2.15 bits per heavy atom. The van der Waals surface area contributed by atoms with Gasteiger partial charge >= 0.3 is 6.03 Å². The number of unbranched alkanes of at least 4 members (excludes halogenated alkanes) is 1. The number of hydrogen-bond donors (Lipinski definition) is 3. The fourth-order valence-corrected chi connectivity index (χ4v) is 4.94. The molecule has 2 aliphatic heterocycles. The summed E-state index contributed by atoms with van der Waals surface area (Å²) in [4.78, 5) is 34.0. The summed E-state index contributed by atoms with van der Waals surface area (Å²) in [5.41, 5.74) is 0. The van der Waals surface area contributed by atoms with Gasteiger partial charge in [-0.25, -0.2) is 4.79 Å². The predicted octanol–water partition coefficient (Wildman–Crippen LogP) is -0.0236. The molecule has 27 heavy (non-hydrogen) atoms. The van der Waals surface area contributed by atoms with Gasteiger partial charge in [0.1, 0.15) is 0 Å². The molecule has 0 bridgehead atoms. The van der Waals surface area contributed by atoms with Gasteiger partial charge in [0, 0.05) is 31.1 Å². The van der Waals surface area contributed by atoms with Gasteiger partial charge in [0.2, 0.25) is 5.91 Å². The summed E-state index contributed by atoms with van der Waals surface area (Å²) in [5.74, 6) is 0.906. The number of carbonyl (C=O) groups excluding carboxylic acids is 2. The van der Waals surface area contributed by atoms with E-state index in [1.807, 2.05) is 11.8 Å². The lowest BCUT2D eigenvalue weighted by Crippen LogP contribution is -2.36. The summed E-state index contributed by atoms with van der Waals surface area (Å²) in [6.45, 7) is 0.607. The van der Waals surface area contributed by atoms with E-state index in [4.69, 9.17) is 4.74 Å². The highest BCUT2D eigenvalue weighted by molar-refractivity contribution is 8.00. The molecular weight excluding hydrogens is 397 g/mol. The van der Waals surface area contributed by atoms with E-state index in [-0.39, 0.29) is 43.8 Å². The monoisotopic (exact) mass is 424 g/mol. The lowest BCUT2D eigenvalue weighted by atomic mass is 10.0. The zero-order chi connectivity index (χ0) is 19.7. The molecule has 2 heterocycles. The van der Waals surface area contributed by atoms with Crippen LogP contribution in [0.5, 0.6) is 0 Å². The summed E-state index contributed by atoms with van der Waals surface area (Å²) in [5, 5.41) is 9.05. The third kappa shape index (κ3) is 7.97. The molecular formula is C15H27N3O7PS-. The zero-order valence-electron chi connectivity index (χ0n) is 15.3. The van der Waals surface area contributed by atoms with Gasteiger partial charge in [-0.05, 0) is 12.8 Å². The minimum absolute atomic E-state index is 0.0360. The van der Waals surface area contributed by atoms with Gasteiger partial charge in [-0.1, -0.05) is 6.42 Å². The number of carbonyl (C=O) groups is 2. The van der Waals surface area contributed by atoms with Crippen LogP contribution in [0.4, 0.5) is 4.79 Å². The Bertz CT molecular complexity index is 554. The molecule has 3 amide bonds. The SMILES string of the molecule is COP(=O)([O-])OCCOCCNC(=O)CCCCC1SCC2NC(=O)NC21. The number of rotatable bonds is 13. The Hall–Kier alpha value is -0.840. The van der Waals surface area contributed by atoms with Crippen molar-refractivity contribution in [3.8, 4) is 0 Å². The summed E-state index contributed by atoms with van der Waals surface area (Å²) >= 11 is 1.87. The maximum absolute atomic E-state index is 11.8. The molecule has 0 saturated carbocycles. The standard InChI is InChI=1S/C15H28N3O7PS/c1-23-26(21,22)25-9-8-24-7-6-16-13(19)5-3-2-4-12-14-11(10-27-12)17-15(20)18-14/h11-12,14H,2-10H2,1H3,(H,16,19)(H,21,22)(H2,17,18,20)/p-1. The highest BCUT2D eigenvalue weighted by Gasteiger charge is 2.42. The number of fused-ring (bicyclic) bond motifs is 1. The van der Waals surface area contributed by atoms with Crippen LogP contribution in [0.15, 0.2) is 0 Å². The number of urea groups is 1. The zero-order valence-corrected chi connectivity index (χ0v) is 17.0. The van der Waals surface area contributed by atoms with Crippen molar-refractivity contribution in [2.24, 2.45) is 0 Å². The van der Waals surface area contributed by atoms with Crippen molar-refractivity contribution in [2.45, 2.75) is 43.0 Å². The Balaban J connectivity index is 1.42. The lowest BCUT2D eigenvalue weighted by Gasteiger charge is -2.19. The highest BCUT2D eigenvalue weighted by Crippen LogP contribution is 2.36. The second-order valence-electron chi connectivity index (χ2n) is 6.29. The van der Waals surface area contributed by atoms with Gasteiger partial charge in [0.25, 0.3) is 7.82 Å². The number of phosphoric acid groups is 1. The Morgan fingerprint density at radius 1 is 1.33 bits per heavy atom. The second-order valence-corrected chi connectivity index (χ2v) is 9.08. The van der Waals surface area contributed by atoms with Crippen LogP contribution in [0.2, 0.25) is 0 Å². The van der Waals surface area contributed by atoms with E-state index in [2.05, 4.69) is 25.0 Å². The van der Waals surface area contributed by atoms with Gasteiger partial charge in [0.05, 0.1) is 31.9 Å². The quantitative estimate of drug-likeness (QED) is 0.213. The Morgan fingerprint density at radius 3 is 2.93 bits per heavy atom. The molecule has 0 aromatic rings. The van der Waals surface area contributed by atoms with Crippen LogP contribution in [-0.2, 0) is 23.1 Å². The van der Waals surface area contributed by atoms with Gasteiger partial charge < -0.3 is 34.6 Å². The maximum Gasteiger partial charge on any atom is 0.315 e. The van der Waals surface area contributed by atoms with Crippen molar-refractivity contribution in [1.82, 2.24) is 16.0 Å². The first-order valence-corrected chi connectivity index (χ1v) is 11.5. The minimum atomic E-state index is -4.20. The van der Waals surface area contributed by atoms with Crippen LogP contribution in [0.25, 0.3) is 0 Å². The average molecular weight is 424 g/mol. The van der Waals surface area contributed by atoms with Crippen molar-refractivity contribution in [1.29, 1.82) is 0 Å². The van der Waals surface area contributed by atoms with Crippen LogP contribution in [0.3, 0.4) is 0 Å². The van der Waals surface area contributed by atoms with Gasteiger partial charge in [-0.2, -0.15) is 11.8 Å². The molecule has 12 heteroatoms. The van der Waals surface area contributed by atoms with Crippen LogP contribution >= 0.6 is 19.6 Å². The summed E-state index contributed by atoms with van der Waals surface area (Å²) in [6, 6.07) is 0.359. The van der Waals surface area contributed by atoms with E-state index in [1.54, 1.807) is 0 Å². The first kappa shape index (κ1) is 22.4. The molecule has 0 aromatic heterocycles. The Kier molecular flexibility index (Phi) is 9.34. The molecule has 156 valence electrons. The van der Waals surface area contributed by atoms with Crippen LogP contribution in [0, 0.1) is 0 Å². The predicted molar refractivity (Wildman–Crippen MR) is 98.4 cm³/mol. The van der Waals surface area contributed by atoms with Gasteiger partial charge in [0.15, 0.2) is 0 Å². The van der Waals surface area contributed by atoms with Crippen molar-refractivity contribution in [2.75, 3.05) is 39.2 Å². The van der Waals surface area contributed by atoms with Gasteiger partial charge in [-0.15, -0.1) is 0 Å². The van der Waals surface area contributed by atoms with Gasteiger partial charge in [-0.3, -0.25) is 9.36 Å². The number of amides is 3. The largest absolute Gasteiger partial charge is 0.756 e. The van der Waals surface area contributed by atoms with E-state index >= 15 is 0 Å². The molecule has 2 aliphatic rings. The van der Waals surface area contributed by atoms with Crippen LogP contribution < -0.4 is 20.8 Å². The number of phosphoric ester groups is 1. The first-order chi connectivity index (χ1) is 12.9. The summed E-state index contributed by atoms with van der Waals surface area (Å²) in [7, 11) is -3.18. The van der Waals surface area contributed by atoms with E-state index in [1.165, 1.54) is 0 Å². The van der Waals surface area contributed by atoms with Crippen molar-refractivity contribution in [3.05, 3.63) is 0 Å². The average Bonchev–Trinajstić information content (AvgIpc) is 3.17. The third-order valence-electron chi connectivity index (χ3n) is 4.35. The van der Waals surface area contributed by atoms with Crippen LogP contribution in [-0.4, -0.2) is 68.5 Å². The smallest absolute Gasteiger partial charge is 0.315 e. The molecule has 0 spiro atoms. The molecule has 4 atom stereocenters. The number of thioether (sulfide) groups is 1. The molecule has 0 aliphatic carbocycles. The normalized spacial score (nSPS) is 26.1. The fraction of sp³-hybridized carbons (Fsp3) is 0.867. The van der Waals surface area contributed by atoms with E-state index in [0.29, 0.717) is 18.2 Å². The number of nitrogens with one attached hydrogen (secondary N) is 3. The number of ether oxygens (including phenoxy) is 1. The maximum atomic E-state index is 11.8. The molecule has 2 fully saturated rings. The van der Waals surface area contributed by atoms with Crippen molar-refractivity contribution >= 4 is 31.5 Å². The van der Waals surface area contributed by atoms with E-state index in [0.717, 1.165) is 32.1 Å². The first-order valence-electron chi connectivity index (χ1n) is 8.95. The van der Waals surface area contributed by atoms with Crippen molar-refractivity contribution < 1.29 is 32.8 Å². The second kappa shape index (κ2) is 11.2. The lowest BCUT2D eigenvalue weighted by molar-refractivity contribution is -0.223.